The first kappa shape index (κ1) is 7.02. The van der Waals surface area contributed by atoms with Gasteiger partial charge in [-0.2, -0.15) is 0 Å². The standard InChI is InChI=1S/C7H9FN2/c8-6-2-1-5(4-9)7(10)3-6/h1-3H,4,9-10H2. The van der Waals surface area contributed by atoms with Crippen molar-refractivity contribution in [2.75, 3.05) is 5.73 Å². The van der Waals surface area contributed by atoms with Gasteiger partial charge in [0.15, 0.2) is 0 Å². The van der Waals surface area contributed by atoms with E-state index in [0.717, 1.165) is 5.56 Å². The zero-order valence-electron chi connectivity index (χ0n) is 5.47. The predicted molar refractivity (Wildman–Crippen MR) is 38.7 cm³/mol. The molecule has 54 valence electrons. The van der Waals surface area contributed by atoms with Gasteiger partial charge in [0.25, 0.3) is 0 Å². The Kier molecular flexibility index (Phi) is 1.87. The molecular weight excluding hydrogens is 131 g/mol. The van der Waals surface area contributed by atoms with Crippen LogP contribution in [0.25, 0.3) is 0 Å². The lowest BCUT2D eigenvalue weighted by Gasteiger charge is -2.00. The second kappa shape index (κ2) is 2.66. The van der Waals surface area contributed by atoms with Gasteiger partial charge < -0.3 is 11.5 Å². The van der Waals surface area contributed by atoms with E-state index in [9.17, 15) is 4.39 Å². The van der Waals surface area contributed by atoms with Gasteiger partial charge in [0, 0.05) is 12.2 Å². The number of nitrogen functional groups attached to an aromatic ring is 1. The summed E-state index contributed by atoms with van der Waals surface area (Å²) in [6.07, 6.45) is 0. The summed E-state index contributed by atoms with van der Waals surface area (Å²) in [5, 5.41) is 0. The highest BCUT2D eigenvalue weighted by Gasteiger charge is 1.96. The van der Waals surface area contributed by atoms with Crippen LogP contribution in [-0.4, -0.2) is 0 Å². The van der Waals surface area contributed by atoms with E-state index in [-0.39, 0.29) is 5.82 Å². The van der Waals surface area contributed by atoms with Crippen molar-refractivity contribution in [1.29, 1.82) is 0 Å². The first-order chi connectivity index (χ1) is 4.74. The van der Waals surface area contributed by atoms with Crippen LogP contribution in [0.2, 0.25) is 0 Å². The summed E-state index contributed by atoms with van der Waals surface area (Å²) >= 11 is 0. The van der Waals surface area contributed by atoms with E-state index in [1.807, 2.05) is 0 Å². The van der Waals surface area contributed by atoms with Crippen LogP contribution in [0.15, 0.2) is 18.2 Å². The summed E-state index contributed by atoms with van der Waals surface area (Å²) in [6, 6.07) is 4.20. The summed E-state index contributed by atoms with van der Waals surface area (Å²) in [5.41, 5.74) is 11.9. The fourth-order valence-corrected chi connectivity index (χ4v) is 0.752. The first-order valence-electron chi connectivity index (χ1n) is 2.98. The Balaban J connectivity index is 3.07. The van der Waals surface area contributed by atoms with Crippen LogP contribution in [0, 0.1) is 5.82 Å². The molecule has 0 heterocycles. The molecule has 0 spiro atoms. The Labute approximate surface area is 58.6 Å². The molecule has 0 atom stereocenters. The van der Waals surface area contributed by atoms with Crippen LogP contribution in [0.1, 0.15) is 5.56 Å². The fraction of sp³-hybridized carbons (Fsp3) is 0.143. The Morgan fingerprint density at radius 2 is 2.10 bits per heavy atom. The maximum Gasteiger partial charge on any atom is 0.125 e. The summed E-state index contributed by atoms with van der Waals surface area (Å²) in [7, 11) is 0. The number of anilines is 1. The van der Waals surface area contributed by atoms with Crippen molar-refractivity contribution in [3.05, 3.63) is 29.6 Å². The van der Waals surface area contributed by atoms with Crippen LogP contribution < -0.4 is 11.5 Å². The minimum Gasteiger partial charge on any atom is -0.398 e. The second-order valence-corrected chi connectivity index (χ2v) is 2.05. The summed E-state index contributed by atoms with van der Waals surface area (Å²) in [5.74, 6) is -0.324. The van der Waals surface area contributed by atoms with E-state index in [1.165, 1.54) is 12.1 Å². The highest BCUT2D eigenvalue weighted by molar-refractivity contribution is 5.46. The normalized spacial score (nSPS) is 9.80. The molecule has 1 aromatic carbocycles. The highest BCUT2D eigenvalue weighted by atomic mass is 19.1. The van der Waals surface area contributed by atoms with Crippen molar-refractivity contribution < 1.29 is 4.39 Å². The van der Waals surface area contributed by atoms with Crippen molar-refractivity contribution in [2.24, 2.45) is 5.73 Å². The van der Waals surface area contributed by atoms with E-state index in [1.54, 1.807) is 6.07 Å². The van der Waals surface area contributed by atoms with Crippen LogP contribution in [0.5, 0.6) is 0 Å². The van der Waals surface area contributed by atoms with Gasteiger partial charge in [0.05, 0.1) is 0 Å². The molecule has 0 unspecified atom stereocenters. The zero-order chi connectivity index (χ0) is 7.56. The summed E-state index contributed by atoms with van der Waals surface area (Å²) < 4.78 is 12.4. The molecule has 0 bridgehead atoms. The SMILES string of the molecule is NCc1ccc(F)cc1N. The second-order valence-electron chi connectivity index (χ2n) is 2.05. The lowest BCUT2D eigenvalue weighted by atomic mass is 10.2. The van der Waals surface area contributed by atoms with Crippen molar-refractivity contribution >= 4 is 5.69 Å². The minimum absolute atomic E-state index is 0.324. The molecular formula is C7H9FN2. The number of hydrogen-bond acceptors (Lipinski definition) is 2. The molecule has 2 nitrogen and oxygen atoms in total. The molecule has 0 amide bonds. The van der Waals surface area contributed by atoms with Gasteiger partial charge in [0.1, 0.15) is 5.82 Å². The van der Waals surface area contributed by atoms with Crippen LogP contribution >= 0.6 is 0 Å². The van der Waals surface area contributed by atoms with E-state index < -0.39 is 0 Å². The molecule has 1 aromatic rings. The molecule has 0 saturated heterocycles. The van der Waals surface area contributed by atoms with Crippen molar-refractivity contribution in [3.8, 4) is 0 Å². The molecule has 0 fully saturated rings. The monoisotopic (exact) mass is 140 g/mol. The third-order valence-corrected chi connectivity index (χ3v) is 1.33. The van der Waals surface area contributed by atoms with Gasteiger partial charge in [-0.25, -0.2) is 4.39 Å². The molecule has 10 heavy (non-hydrogen) atoms. The van der Waals surface area contributed by atoms with Gasteiger partial charge in [-0.05, 0) is 17.7 Å². The molecule has 4 N–H and O–H groups in total. The van der Waals surface area contributed by atoms with Crippen molar-refractivity contribution in [2.45, 2.75) is 6.54 Å². The Bertz CT molecular complexity index is 235. The molecule has 0 radical (unpaired) electrons. The maximum atomic E-state index is 12.4. The molecule has 1 rings (SSSR count). The fourth-order valence-electron chi connectivity index (χ4n) is 0.752. The third kappa shape index (κ3) is 1.25. The smallest absolute Gasteiger partial charge is 0.125 e. The van der Waals surface area contributed by atoms with Crippen LogP contribution in [-0.2, 0) is 6.54 Å². The molecule has 0 aromatic heterocycles. The lowest BCUT2D eigenvalue weighted by molar-refractivity contribution is 0.628. The van der Waals surface area contributed by atoms with Gasteiger partial charge >= 0.3 is 0 Å². The number of hydrogen-bond donors (Lipinski definition) is 2. The first-order valence-corrected chi connectivity index (χ1v) is 2.98. The minimum atomic E-state index is -0.324. The molecule has 3 heteroatoms. The van der Waals surface area contributed by atoms with Crippen LogP contribution in [0.4, 0.5) is 10.1 Å². The largest absolute Gasteiger partial charge is 0.398 e. The van der Waals surface area contributed by atoms with Gasteiger partial charge in [0.2, 0.25) is 0 Å². The third-order valence-electron chi connectivity index (χ3n) is 1.33. The topological polar surface area (TPSA) is 52.0 Å². The Morgan fingerprint density at radius 3 is 2.60 bits per heavy atom. The average Bonchev–Trinajstić information content (AvgIpc) is 1.88. The Morgan fingerprint density at radius 1 is 1.40 bits per heavy atom. The number of rotatable bonds is 1. The van der Waals surface area contributed by atoms with E-state index in [4.69, 9.17) is 11.5 Å². The predicted octanol–water partition coefficient (Wildman–Crippen LogP) is 0.867. The van der Waals surface area contributed by atoms with Crippen molar-refractivity contribution in [1.82, 2.24) is 0 Å². The quantitative estimate of drug-likeness (QED) is 0.568. The van der Waals surface area contributed by atoms with Gasteiger partial charge in [-0.1, -0.05) is 6.07 Å². The van der Waals surface area contributed by atoms with Gasteiger partial charge in [-0.15, -0.1) is 0 Å². The van der Waals surface area contributed by atoms with E-state index >= 15 is 0 Å². The van der Waals surface area contributed by atoms with E-state index in [0.29, 0.717) is 12.2 Å². The van der Waals surface area contributed by atoms with E-state index in [2.05, 4.69) is 0 Å². The zero-order valence-corrected chi connectivity index (χ0v) is 5.47. The Hall–Kier alpha value is -1.09. The van der Waals surface area contributed by atoms with Crippen LogP contribution in [0.3, 0.4) is 0 Å². The maximum absolute atomic E-state index is 12.4. The summed E-state index contributed by atoms with van der Waals surface area (Å²) in [4.78, 5) is 0. The number of halogens is 1. The highest BCUT2D eigenvalue weighted by Crippen LogP contribution is 2.11. The average molecular weight is 140 g/mol. The molecule has 0 aliphatic carbocycles. The molecule has 0 saturated carbocycles. The summed E-state index contributed by atoms with van der Waals surface area (Å²) in [6.45, 7) is 0.353. The molecule has 0 aliphatic heterocycles. The van der Waals surface area contributed by atoms with Crippen molar-refractivity contribution in [3.63, 3.8) is 0 Å². The number of benzene rings is 1. The molecule has 0 aliphatic rings. The number of nitrogens with two attached hydrogens (primary N) is 2. The lowest BCUT2D eigenvalue weighted by Crippen LogP contribution is -2.01. The van der Waals surface area contributed by atoms with Gasteiger partial charge in [-0.3, -0.25) is 0 Å².